The maximum Gasteiger partial charge on any atom is 0.231 e. The highest BCUT2D eigenvalue weighted by Gasteiger charge is 2.17. The van der Waals surface area contributed by atoms with Crippen LogP contribution in [0.4, 0.5) is 0 Å². The third-order valence-corrected chi connectivity index (χ3v) is 3.60. The molecule has 1 aliphatic rings. The van der Waals surface area contributed by atoms with Crippen molar-refractivity contribution in [2.45, 2.75) is 19.0 Å². The molecule has 1 aliphatic heterocycles. The van der Waals surface area contributed by atoms with E-state index in [-0.39, 0.29) is 6.04 Å². The zero-order valence-corrected chi connectivity index (χ0v) is 11.9. The quantitative estimate of drug-likeness (QED) is 0.816. The zero-order chi connectivity index (χ0) is 14.5. The summed E-state index contributed by atoms with van der Waals surface area (Å²) >= 11 is 0. The van der Waals surface area contributed by atoms with Gasteiger partial charge in [-0.2, -0.15) is 0 Å². The second-order valence-corrected chi connectivity index (χ2v) is 5.06. The Kier molecular flexibility index (Phi) is 4.22. The van der Waals surface area contributed by atoms with Gasteiger partial charge in [0.25, 0.3) is 0 Å². The van der Waals surface area contributed by atoms with Gasteiger partial charge in [-0.1, -0.05) is 42.5 Å². The molecular formula is C18H19NO2. The van der Waals surface area contributed by atoms with Gasteiger partial charge in [0.15, 0.2) is 11.5 Å². The lowest BCUT2D eigenvalue weighted by Crippen LogP contribution is -2.20. The molecule has 108 valence electrons. The predicted molar refractivity (Wildman–Crippen MR) is 83.4 cm³/mol. The van der Waals surface area contributed by atoms with Crippen molar-refractivity contribution in [3.05, 3.63) is 72.3 Å². The number of rotatable bonds is 6. The molecule has 1 atom stereocenters. The molecule has 2 aromatic rings. The van der Waals surface area contributed by atoms with Crippen molar-refractivity contribution < 1.29 is 9.47 Å². The molecule has 1 heterocycles. The zero-order valence-electron chi connectivity index (χ0n) is 11.9. The number of benzene rings is 2. The summed E-state index contributed by atoms with van der Waals surface area (Å²) < 4.78 is 10.8. The Morgan fingerprint density at radius 1 is 1.10 bits per heavy atom. The third-order valence-electron chi connectivity index (χ3n) is 3.60. The fraction of sp³-hybridized carbons (Fsp3) is 0.222. The van der Waals surface area contributed by atoms with Gasteiger partial charge in [-0.3, -0.25) is 0 Å². The highest BCUT2D eigenvalue weighted by molar-refractivity contribution is 5.45. The van der Waals surface area contributed by atoms with Gasteiger partial charge in [-0.05, 0) is 29.7 Å². The summed E-state index contributed by atoms with van der Waals surface area (Å²) in [5, 5.41) is 3.58. The minimum atomic E-state index is 0.220. The highest BCUT2D eigenvalue weighted by Crippen LogP contribution is 2.34. The van der Waals surface area contributed by atoms with Crippen LogP contribution in [0.3, 0.4) is 0 Å². The van der Waals surface area contributed by atoms with Gasteiger partial charge >= 0.3 is 0 Å². The number of ether oxygens (including phenoxy) is 2. The lowest BCUT2D eigenvalue weighted by molar-refractivity contribution is 0.174. The van der Waals surface area contributed by atoms with Gasteiger partial charge in [0.1, 0.15) is 0 Å². The summed E-state index contributed by atoms with van der Waals surface area (Å²) in [6.45, 7) is 4.99. The van der Waals surface area contributed by atoms with Gasteiger partial charge in [-0.25, -0.2) is 0 Å². The summed E-state index contributed by atoms with van der Waals surface area (Å²) in [7, 11) is 0. The summed E-state index contributed by atoms with van der Waals surface area (Å²) in [6, 6.07) is 16.7. The van der Waals surface area contributed by atoms with Crippen molar-refractivity contribution in [2.75, 3.05) is 6.79 Å². The summed E-state index contributed by atoms with van der Waals surface area (Å²) in [5.41, 5.74) is 2.46. The average Bonchev–Trinajstić information content (AvgIpc) is 3.00. The molecule has 3 heteroatoms. The molecule has 0 unspecified atom stereocenters. The molecule has 21 heavy (non-hydrogen) atoms. The van der Waals surface area contributed by atoms with E-state index in [0.717, 1.165) is 24.5 Å². The van der Waals surface area contributed by atoms with Crippen LogP contribution < -0.4 is 14.8 Å². The molecule has 0 saturated carbocycles. The molecule has 0 aliphatic carbocycles. The van der Waals surface area contributed by atoms with Crippen molar-refractivity contribution in [3.63, 3.8) is 0 Å². The van der Waals surface area contributed by atoms with Gasteiger partial charge in [0, 0.05) is 12.6 Å². The number of fused-ring (bicyclic) bond motifs is 1. The average molecular weight is 281 g/mol. The fourth-order valence-electron chi connectivity index (χ4n) is 2.47. The molecular weight excluding hydrogens is 262 g/mol. The van der Waals surface area contributed by atoms with E-state index in [1.807, 2.05) is 18.2 Å². The largest absolute Gasteiger partial charge is 0.454 e. The molecule has 0 radical (unpaired) electrons. The van der Waals surface area contributed by atoms with Crippen molar-refractivity contribution in [1.29, 1.82) is 0 Å². The first kappa shape index (κ1) is 13.7. The van der Waals surface area contributed by atoms with Crippen LogP contribution in [0.25, 0.3) is 0 Å². The van der Waals surface area contributed by atoms with Crippen LogP contribution >= 0.6 is 0 Å². The molecule has 0 aromatic heterocycles. The lowest BCUT2D eigenvalue weighted by Gasteiger charge is -2.18. The summed E-state index contributed by atoms with van der Waals surface area (Å²) in [4.78, 5) is 0. The first-order valence-electron chi connectivity index (χ1n) is 7.14. The Morgan fingerprint density at radius 3 is 2.71 bits per heavy atom. The van der Waals surface area contributed by atoms with E-state index in [1.54, 1.807) is 0 Å². The van der Waals surface area contributed by atoms with Crippen LogP contribution in [0.15, 0.2) is 61.2 Å². The van der Waals surface area contributed by atoms with E-state index >= 15 is 0 Å². The minimum Gasteiger partial charge on any atom is -0.454 e. The number of hydrogen-bond donors (Lipinski definition) is 1. The van der Waals surface area contributed by atoms with Crippen LogP contribution in [0.5, 0.6) is 11.5 Å². The van der Waals surface area contributed by atoms with Crippen molar-refractivity contribution in [3.8, 4) is 11.5 Å². The maximum absolute atomic E-state index is 5.45. The van der Waals surface area contributed by atoms with E-state index < -0.39 is 0 Å². The van der Waals surface area contributed by atoms with Crippen LogP contribution in [-0.2, 0) is 6.54 Å². The second kappa shape index (κ2) is 6.46. The van der Waals surface area contributed by atoms with Gasteiger partial charge in [0.05, 0.1) is 0 Å². The Bertz CT molecular complexity index is 610. The Morgan fingerprint density at radius 2 is 1.90 bits per heavy atom. The van der Waals surface area contributed by atoms with Crippen LogP contribution in [0.1, 0.15) is 23.6 Å². The van der Waals surface area contributed by atoms with E-state index in [1.165, 1.54) is 11.1 Å². The summed E-state index contributed by atoms with van der Waals surface area (Å²) in [6.07, 6.45) is 2.81. The lowest BCUT2D eigenvalue weighted by atomic mass is 10.0. The van der Waals surface area contributed by atoms with Crippen LogP contribution in [-0.4, -0.2) is 6.79 Å². The van der Waals surface area contributed by atoms with Crippen molar-refractivity contribution >= 4 is 0 Å². The molecule has 2 aromatic carbocycles. The molecule has 0 fully saturated rings. The van der Waals surface area contributed by atoms with E-state index in [2.05, 4.69) is 48.3 Å². The van der Waals surface area contributed by atoms with E-state index in [4.69, 9.17) is 9.47 Å². The molecule has 0 saturated heterocycles. The Labute approximate surface area is 125 Å². The number of hydrogen-bond acceptors (Lipinski definition) is 3. The predicted octanol–water partition coefficient (Wildman–Crippen LogP) is 3.82. The monoisotopic (exact) mass is 281 g/mol. The molecule has 3 rings (SSSR count). The van der Waals surface area contributed by atoms with Crippen LogP contribution in [0, 0.1) is 0 Å². The Balaban J connectivity index is 1.73. The molecule has 0 spiro atoms. The fourth-order valence-corrected chi connectivity index (χ4v) is 2.47. The normalized spacial score (nSPS) is 13.9. The van der Waals surface area contributed by atoms with Crippen LogP contribution in [0.2, 0.25) is 0 Å². The van der Waals surface area contributed by atoms with Crippen molar-refractivity contribution in [1.82, 2.24) is 5.32 Å². The highest BCUT2D eigenvalue weighted by atomic mass is 16.7. The van der Waals surface area contributed by atoms with E-state index in [0.29, 0.717) is 6.79 Å². The standard InChI is InChI=1S/C18H19NO2/c1-2-6-16(19-12-14-7-4-3-5-8-14)15-9-10-17-18(11-15)21-13-20-17/h2-5,7-11,16,19H,1,6,12-13H2/t16-/m1/s1. The van der Waals surface area contributed by atoms with Gasteiger partial charge in [0.2, 0.25) is 6.79 Å². The van der Waals surface area contributed by atoms with Crippen molar-refractivity contribution in [2.24, 2.45) is 0 Å². The first-order chi connectivity index (χ1) is 10.4. The molecule has 0 amide bonds. The second-order valence-electron chi connectivity index (χ2n) is 5.06. The topological polar surface area (TPSA) is 30.5 Å². The summed E-state index contributed by atoms with van der Waals surface area (Å²) in [5.74, 6) is 1.64. The maximum atomic E-state index is 5.45. The molecule has 1 N–H and O–H groups in total. The molecule has 3 nitrogen and oxygen atoms in total. The van der Waals surface area contributed by atoms with Gasteiger partial charge in [-0.15, -0.1) is 6.58 Å². The smallest absolute Gasteiger partial charge is 0.231 e. The Hall–Kier alpha value is -2.26. The third kappa shape index (κ3) is 3.26. The first-order valence-corrected chi connectivity index (χ1v) is 7.14. The molecule has 0 bridgehead atoms. The van der Waals surface area contributed by atoms with Gasteiger partial charge < -0.3 is 14.8 Å². The SMILES string of the molecule is C=CC[C@@H](NCc1ccccc1)c1ccc2c(c1)OCO2. The van der Waals surface area contributed by atoms with E-state index in [9.17, 15) is 0 Å². The minimum absolute atomic E-state index is 0.220. The number of nitrogens with one attached hydrogen (secondary N) is 1.